The van der Waals surface area contributed by atoms with Gasteiger partial charge in [-0.2, -0.15) is 0 Å². The average molecular weight is 262 g/mol. The molecule has 0 fully saturated rings. The Morgan fingerprint density at radius 1 is 0.429 bits per heavy atom. The molecule has 0 unspecified atom stereocenters. The average Bonchev–Trinajstić information content (AvgIpc) is 0. The minimum absolute atomic E-state index is 0. The molecule has 7 heavy (non-hydrogen) atoms. The van der Waals surface area contributed by atoms with Crippen LogP contribution in [0.2, 0.25) is 0 Å². The minimum Gasteiger partial charge on any atom is 1.00 e. The van der Waals surface area contributed by atoms with Crippen molar-refractivity contribution in [2.45, 2.75) is 0 Å². The van der Waals surface area contributed by atoms with Crippen LogP contribution in [-0.2, 0) is 0 Å². The molecule has 0 aromatic heterocycles. The molecule has 0 nitrogen and oxygen atoms in total. The predicted octanol–water partition coefficient (Wildman–Crippen LogP) is -18.9. The Hall–Kier alpha value is 3.70. The van der Waals surface area contributed by atoms with Crippen molar-refractivity contribution in [3.63, 3.8) is 0 Å². The summed E-state index contributed by atoms with van der Waals surface area (Å²) in [6.45, 7) is 0. The van der Waals surface area contributed by atoms with Crippen LogP contribution in [-0.4, -0.2) is 17.6 Å². The van der Waals surface area contributed by atoms with Gasteiger partial charge < -0.3 is 49.6 Å². The quantitative estimate of drug-likeness (QED) is 0.380. The van der Waals surface area contributed by atoms with Gasteiger partial charge in [0.15, 0.2) is 0 Å². The number of hydrogen-bond donors (Lipinski definition) is 0. The molecule has 0 heterocycles. The fourth-order valence-corrected chi connectivity index (χ4v) is 0. The summed E-state index contributed by atoms with van der Waals surface area (Å²) in [6.07, 6.45) is 0. The Morgan fingerprint density at radius 2 is 0.429 bits per heavy atom. The van der Waals surface area contributed by atoms with Crippen molar-refractivity contribution in [1.82, 2.24) is 0 Å². The molecule has 0 N–H and O–H groups in total. The largest absolute Gasteiger partial charge is 1.00 e. The van der Waals surface area contributed by atoms with E-state index in [-0.39, 0.29) is 126 Å². The van der Waals surface area contributed by atoms with Gasteiger partial charge in [0.05, 0.1) is 0 Å². The molecule has 7 heteroatoms. The maximum Gasteiger partial charge on any atom is 1.00 e. The normalized spacial score (nSPS) is 0. The Morgan fingerprint density at radius 3 is 0.429 bits per heavy atom. The first-order chi connectivity index (χ1) is 0. The first-order valence-electron chi connectivity index (χ1n) is 0. The van der Waals surface area contributed by atoms with E-state index in [1.54, 1.807) is 0 Å². The van der Waals surface area contributed by atoms with E-state index in [1.807, 2.05) is 0 Å². The van der Waals surface area contributed by atoms with Crippen LogP contribution in [0.3, 0.4) is 0 Å². The van der Waals surface area contributed by atoms with E-state index >= 15 is 0 Å². The zero-order valence-electron chi connectivity index (χ0n) is 4.22. The van der Waals surface area contributed by atoms with E-state index in [1.165, 1.54) is 0 Å². The van der Waals surface area contributed by atoms with Crippen LogP contribution in [0, 0.1) is 0 Å². The fraction of sp³-hybridized carbons (Fsp3) is 0. The van der Waals surface area contributed by atoms with Crippen LogP contribution in [0.5, 0.6) is 0 Å². The molecule has 0 atom stereocenters. The maximum absolute atomic E-state index is 0. The standard InChI is InChI=1S/4ClH.GeH2.2Na/h4*1H;1H2;;/q;;;;+2;2*+1/p-4. The van der Waals surface area contributed by atoms with E-state index in [4.69, 9.17) is 0 Å². The molecule has 0 radical (unpaired) electrons. The van der Waals surface area contributed by atoms with Crippen molar-refractivity contribution in [2.75, 3.05) is 0 Å². The Kier molecular flexibility index (Phi) is 563. The Labute approximate surface area is 124 Å². The Balaban J connectivity index is 0. The van der Waals surface area contributed by atoms with E-state index in [2.05, 4.69) is 0 Å². The molecule has 36 valence electrons. The van der Waals surface area contributed by atoms with Gasteiger partial charge in [0.2, 0.25) is 0 Å². The van der Waals surface area contributed by atoms with Crippen LogP contribution in [0.4, 0.5) is 0 Å². The van der Waals surface area contributed by atoms with E-state index in [0.29, 0.717) is 0 Å². The second kappa shape index (κ2) is 53.6. The predicted molar refractivity (Wildman–Crippen MR) is 8.54 cm³/mol. The van der Waals surface area contributed by atoms with Crippen LogP contribution >= 0.6 is 0 Å². The smallest absolute Gasteiger partial charge is 1.00 e. The van der Waals surface area contributed by atoms with Crippen molar-refractivity contribution >= 4 is 17.6 Å². The molecule has 0 saturated heterocycles. The maximum atomic E-state index is 0. The van der Waals surface area contributed by atoms with Gasteiger partial charge >= 0.3 is 76.7 Å². The zero-order chi connectivity index (χ0) is 0. The summed E-state index contributed by atoms with van der Waals surface area (Å²) >= 11 is 0. The summed E-state index contributed by atoms with van der Waals surface area (Å²) in [5, 5.41) is 0. The van der Waals surface area contributed by atoms with Gasteiger partial charge in [0, 0.05) is 0 Å². The first kappa shape index (κ1) is 73.5. The topological polar surface area (TPSA) is 0 Å². The van der Waals surface area contributed by atoms with Gasteiger partial charge in [-0.05, 0) is 0 Å². The third kappa shape index (κ3) is 42.0. The van der Waals surface area contributed by atoms with Crippen molar-refractivity contribution in [1.29, 1.82) is 0 Å². The second-order valence-corrected chi connectivity index (χ2v) is 0. The summed E-state index contributed by atoms with van der Waals surface area (Å²) in [4.78, 5) is 0. The van der Waals surface area contributed by atoms with Gasteiger partial charge in [-0.15, -0.1) is 0 Å². The molecule has 0 bridgehead atoms. The molecule has 0 aliphatic carbocycles. The van der Waals surface area contributed by atoms with Crippen molar-refractivity contribution in [2.24, 2.45) is 0 Å². The van der Waals surface area contributed by atoms with E-state index in [9.17, 15) is 0 Å². The van der Waals surface area contributed by atoms with E-state index < -0.39 is 0 Å². The Bertz CT molecular complexity index is 9.65. The molecular weight excluding hydrogens is 260 g/mol. The molecule has 0 aliphatic heterocycles. The summed E-state index contributed by atoms with van der Waals surface area (Å²) < 4.78 is 0. The monoisotopic (exact) mass is 262 g/mol. The van der Waals surface area contributed by atoms with Gasteiger partial charge in [-0.3, -0.25) is 0 Å². The van der Waals surface area contributed by atoms with Crippen LogP contribution < -0.4 is 109 Å². The molecule has 0 aromatic rings. The molecule has 0 spiro atoms. The minimum atomic E-state index is 0. The van der Waals surface area contributed by atoms with Crippen LogP contribution in [0.25, 0.3) is 0 Å². The van der Waals surface area contributed by atoms with Gasteiger partial charge in [-0.25, -0.2) is 0 Å². The second-order valence-electron chi connectivity index (χ2n) is 0. The van der Waals surface area contributed by atoms with Gasteiger partial charge in [0.25, 0.3) is 0 Å². The molecule has 0 amide bonds. The summed E-state index contributed by atoms with van der Waals surface area (Å²) in [6, 6.07) is 0. The van der Waals surface area contributed by atoms with Crippen molar-refractivity contribution in [3.05, 3.63) is 0 Å². The van der Waals surface area contributed by atoms with Crippen LogP contribution in [0.15, 0.2) is 0 Å². The molecule has 0 aromatic carbocycles. The summed E-state index contributed by atoms with van der Waals surface area (Å²) in [7, 11) is 0. The molecule has 0 saturated carbocycles. The van der Waals surface area contributed by atoms with Crippen molar-refractivity contribution < 1.29 is 109 Å². The van der Waals surface area contributed by atoms with Gasteiger partial charge in [0.1, 0.15) is 0 Å². The molecule has 0 aliphatic rings. The summed E-state index contributed by atoms with van der Waals surface area (Å²) in [5.41, 5.74) is 0. The molecular formula is H2Cl4GeNa2. The first-order valence-corrected chi connectivity index (χ1v) is 0. The van der Waals surface area contributed by atoms with Gasteiger partial charge in [-0.1, -0.05) is 0 Å². The number of rotatable bonds is 0. The van der Waals surface area contributed by atoms with Crippen molar-refractivity contribution in [3.8, 4) is 0 Å². The fourth-order valence-electron chi connectivity index (χ4n) is 0. The third-order valence-electron chi connectivity index (χ3n) is 0. The zero-order valence-corrected chi connectivity index (χ0v) is 14.2. The van der Waals surface area contributed by atoms with Crippen LogP contribution in [0.1, 0.15) is 0 Å². The van der Waals surface area contributed by atoms with E-state index in [0.717, 1.165) is 0 Å². The third-order valence-corrected chi connectivity index (χ3v) is 0. The number of halogens is 4. The molecule has 0 rings (SSSR count). The number of hydrogen-bond acceptors (Lipinski definition) is 0. The SMILES string of the molecule is [Cl-].[Cl-].[Cl-].[Cl-].[GeH2+2].[Na+].[Na+]. The summed E-state index contributed by atoms with van der Waals surface area (Å²) in [5.74, 6) is 0.